The van der Waals surface area contributed by atoms with Gasteiger partial charge < -0.3 is 20.0 Å². The van der Waals surface area contributed by atoms with E-state index >= 15 is 0 Å². The number of hydrogen-bond donors (Lipinski definition) is 3. The van der Waals surface area contributed by atoms with Crippen LogP contribution in [-0.2, 0) is 22.7 Å². The third-order valence-electron chi connectivity index (χ3n) is 6.76. The standard InChI is InChI=1S/C30H26N4O3/c31-14-7-15-34-17-23(21-11-6-13-25(28(21)34)37-18-19-8-2-1-3-9-19)27-26(29(35)33-30(27)36)22-16-32-24-12-5-4-10-20(22)24/h1-6,8-13,16-17,32H,7,14-15,18,31H2,(H,33,35,36). The van der Waals surface area contributed by atoms with Gasteiger partial charge in [-0.3, -0.25) is 14.9 Å². The molecule has 0 radical (unpaired) electrons. The minimum absolute atomic E-state index is 0.367. The fourth-order valence-electron chi connectivity index (χ4n) is 5.06. The number of hydrogen-bond acceptors (Lipinski definition) is 4. The molecule has 0 atom stereocenters. The Balaban J connectivity index is 1.53. The Hall–Kier alpha value is -4.62. The third kappa shape index (κ3) is 3.99. The minimum Gasteiger partial charge on any atom is -0.487 e. The zero-order valence-electron chi connectivity index (χ0n) is 20.2. The zero-order valence-corrected chi connectivity index (χ0v) is 20.2. The Bertz CT molecular complexity index is 1680. The maximum Gasteiger partial charge on any atom is 0.259 e. The summed E-state index contributed by atoms with van der Waals surface area (Å²) < 4.78 is 8.34. The molecule has 0 fully saturated rings. The minimum atomic E-state index is -0.404. The number of para-hydroxylation sites is 2. The van der Waals surface area contributed by atoms with E-state index in [1.807, 2.05) is 79.0 Å². The van der Waals surface area contributed by atoms with Gasteiger partial charge in [-0.1, -0.05) is 60.7 Å². The molecule has 2 amide bonds. The number of nitrogens with zero attached hydrogens (tertiary/aromatic N) is 1. The van der Waals surface area contributed by atoms with E-state index in [-0.39, 0.29) is 0 Å². The van der Waals surface area contributed by atoms with E-state index in [1.54, 1.807) is 6.20 Å². The van der Waals surface area contributed by atoms with Crippen molar-refractivity contribution in [1.29, 1.82) is 0 Å². The molecule has 4 N–H and O–H groups in total. The molecule has 1 aliphatic heterocycles. The maximum absolute atomic E-state index is 13.2. The second-order valence-electron chi connectivity index (χ2n) is 9.09. The van der Waals surface area contributed by atoms with Gasteiger partial charge in [0, 0.05) is 46.4 Å². The molecule has 0 saturated carbocycles. The number of amides is 2. The normalized spacial score (nSPS) is 13.6. The molecule has 6 rings (SSSR count). The number of ether oxygens (including phenoxy) is 1. The number of carbonyl (C=O) groups excluding carboxylic acids is 2. The second-order valence-corrected chi connectivity index (χ2v) is 9.09. The molecule has 2 aromatic heterocycles. The van der Waals surface area contributed by atoms with Crippen molar-refractivity contribution in [3.63, 3.8) is 0 Å². The van der Waals surface area contributed by atoms with Crippen molar-refractivity contribution in [2.24, 2.45) is 5.73 Å². The molecule has 1 aliphatic rings. The molecule has 0 unspecified atom stereocenters. The Kier molecular flexibility index (Phi) is 5.82. The first-order chi connectivity index (χ1) is 18.2. The summed E-state index contributed by atoms with van der Waals surface area (Å²) in [6, 6.07) is 23.5. The predicted molar refractivity (Wildman–Crippen MR) is 145 cm³/mol. The zero-order chi connectivity index (χ0) is 25.4. The van der Waals surface area contributed by atoms with Gasteiger partial charge in [-0.2, -0.15) is 0 Å². The quantitative estimate of drug-likeness (QED) is 0.276. The number of benzene rings is 3. The molecule has 3 aromatic carbocycles. The monoisotopic (exact) mass is 490 g/mol. The molecule has 0 bridgehead atoms. The van der Waals surface area contributed by atoms with Crippen LogP contribution in [0.25, 0.3) is 33.0 Å². The number of carbonyl (C=O) groups is 2. The van der Waals surface area contributed by atoms with Crippen molar-refractivity contribution in [3.8, 4) is 5.75 Å². The number of nitrogens with two attached hydrogens (primary N) is 1. The highest BCUT2D eigenvalue weighted by molar-refractivity contribution is 6.50. The van der Waals surface area contributed by atoms with Gasteiger partial charge in [-0.05, 0) is 30.7 Å². The summed E-state index contributed by atoms with van der Waals surface area (Å²) in [7, 11) is 0. The van der Waals surface area contributed by atoms with Crippen LogP contribution >= 0.6 is 0 Å². The van der Waals surface area contributed by atoms with Gasteiger partial charge in [0.1, 0.15) is 12.4 Å². The molecule has 7 nitrogen and oxygen atoms in total. The fourth-order valence-corrected chi connectivity index (χ4v) is 5.06. The molecule has 5 aromatic rings. The smallest absolute Gasteiger partial charge is 0.259 e. The lowest BCUT2D eigenvalue weighted by Crippen LogP contribution is -2.22. The lowest BCUT2D eigenvalue weighted by molar-refractivity contribution is -0.122. The van der Waals surface area contributed by atoms with Gasteiger partial charge >= 0.3 is 0 Å². The number of aromatic nitrogens is 2. The summed E-state index contributed by atoms with van der Waals surface area (Å²) in [4.78, 5) is 29.5. The second kappa shape index (κ2) is 9.44. The summed E-state index contributed by atoms with van der Waals surface area (Å²) >= 11 is 0. The average molecular weight is 491 g/mol. The van der Waals surface area contributed by atoms with Crippen molar-refractivity contribution >= 4 is 44.8 Å². The van der Waals surface area contributed by atoms with Gasteiger partial charge in [-0.15, -0.1) is 0 Å². The maximum atomic E-state index is 13.2. The van der Waals surface area contributed by atoms with Crippen LogP contribution in [0.15, 0.2) is 85.2 Å². The summed E-state index contributed by atoms with van der Waals surface area (Å²) in [5.41, 5.74) is 10.8. The topological polar surface area (TPSA) is 102 Å². The lowest BCUT2D eigenvalue weighted by Gasteiger charge is -2.11. The van der Waals surface area contributed by atoms with Crippen LogP contribution in [0.5, 0.6) is 5.75 Å². The van der Waals surface area contributed by atoms with Gasteiger partial charge in [-0.25, -0.2) is 0 Å². The number of aromatic amines is 1. The number of H-pyrrole nitrogens is 1. The first-order valence-corrected chi connectivity index (χ1v) is 12.3. The number of imide groups is 1. The average Bonchev–Trinajstić information content (AvgIpc) is 3.59. The lowest BCUT2D eigenvalue weighted by atomic mass is 9.95. The van der Waals surface area contributed by atoms with E-state index < -0.39 is 11.8 Å². The molecule has 184 valence electrons. The molecule has 0 saturated heterocycles. The van der Waals surface area contributed by atoms with Crippen molar-refractivity contribution in [3.05, 3.63) is 102 Å². The van der Waals surface area contributed by atoms with Crippen LogP contribution in [0.1, 0.15) is 23.1 Å². The molecular weight excluding hydrogens is 464 g/mol. The molecule has 7 heteroatoms. The third-order valence-corrected chi connectivity index (χ3v) is 6.76. The van der Waals surface area contributed by atoms with Crippen molar-refractivity contribution in [2.45, 2.75) is 19.6 Å². The van der Waals surface area contributed by atoms with Crippen LogP contribution < -0.4 is 15.8 Å². The Morgan fingerprint density at radius 1 is 0.811 bits per heavy atom. The summed E-state index contributed by atoms with van der Waals surface area (Å²) in [6.45, 7) is 1.61. The van der Waals surface area contributed by atoms with E-state index in [0.29, 0.717) is 47.7 Å². The Morgan fingerprint density at radius 3 is 2.35 bits per heavy atom. The number of rotatable bonds is 8. The molecule has 0 spiro atoms. The largest absolute Gasteiger partial charge is 0.487 e. The van der Waals surface area contributed by atoms with Crippen molar-refractivity contribution in [1.82, 2.24) is 14.9 Å². The SMILES string of the molecule is NCCCn1cc(C2=C(c3c[nH]c4ccccc34)C(=O)NC2=O)c2cccc(OCc3ccccc3)c21. The first kappa shape index (κ1) is 22.8. The molecule has 3 heterocycles. The van der Waals surface area contributed by atoms with Crippen LogP contribution in [-0.4, -0.2) is 27.9 Å². The first-order valence-electron chi connectivity index (χ1n) is 12.3. The van der Waals surface area contributed by atoms with Gasteiger partial charge in [0.25, 0.3) is 11.8 Å². The predicted octanol–water partition coefficient (Wildman–Crippen LogP) is 4.62. The highest BCUT2D eigenvalue weighted by Gasteiger charge is 2.35. The van der Waals surface area contributed by atoms with Gasteiger partial charge in [0.15, 0.2) is 0 Å². The van der Waals surface area contributed by atoms with Crippen LogP contribution in [0, 0.1) is 0 Å². The Labute approximate surface area is 213 Å². The highest BCUT2D eigenvalue weighted by Crippen LogP contribution is 2.40. The molecule has 0 aliphatic carbocycles. The highest BCUT2D eigenvalue weighted by atomic mass is 16.5. The molecular formula is C30H26N4O3. The summed E-state index contributed by atoms with van der Waals surface area (Å²) in [6.07, 6.45) is 4.49. The number of fused-ring (bicyclic) bond motifs is 2. The van der Waals surface area contributed by atoms with Crippen LogP contribution in [0.4, 0.5) is 0 Å². The van der Waals surface area contributed by atoms with Crippen LogP contribution in [0.3, 0.4) is 0 Å². The van der Waals surface area contributed by atoms with E-state index in [1.165, 1.54) is 0 Å². The van der Waals surface area contributed by atoms with E-state index in [4.69, 9.17) is 10.5 Å². The molecule has 37 heavy (non-hydrogen) atoms. The van der Waals surface area contributed by atoms with Gasteiger partial charge in [0.05, 0.1) is 16.7 Å². The van der Waals surface area contributed by atoms with Crippen LogP contribution in [0.2, 0.25) is 0 Å². The number of aryl methyl sites for hydroxylation is 1. The number of nitrogens with one attached hydrogen (secondary N) is 2. The van der Waals surface area contributed by atoms with Crippen molar-refractivity contribution in [2.75, 3.05) is 6.54 Å². The van der Waals surface area contributed by atoms with Gasteiger partial charge in [0.2, 0.25) is 0 Å². The summed E-state index contributed by atoms with van der Waals surface area (Å²) in [5.74, 6) is -0.0912. The van der Waals surface area contributed by atoms with Crippen molar-refractivity contribution < 1.29 is 14.3 Å². The summed E-state index contributed by atoms with van der Waals surface area (Å²) in [5, 5.41) is 4.26. The Morgan fingerprint density at radius 2 is 1.54 bits per heavy atom. The van der Waals surface area contributed by atoms with E-state index in [9.17, 15) is 9.59 Å². The van der Waals surface area contributed by atoms with E-state index in [2.05, 4.69) is 14.9 Å². The van der Waals surface area contributed by atoms with E-state index in [0.717, 1.165) is 33.8 Å². The fraction of sp³-hybridized carbons (Fsp3) is 0.133.